The Hall–Kier alpha value is -4.09. The molecule has 12 nitrogen and oxygen atoms in total. The van der Waals surface area contributed by atoms with Crippen LogP contribution in [0.25, 0.3) is 11.5 Å². The second-order valence-electron chi connectivity index (χ2n) is 8.96. The first kappa shape index (κ1) is 25.5. The Morgan fingerprint density at radius 1 is 1.11 bits per heavy atom. The molecule has 0 aliphatic rings. The van der Waals surface area contributed by atoms with Crippen LogP contribution < -0.4 is 10.6 Å². The van der Waals surface area contributed by atoms with Gasteiger partial charge in [-0.1, -0.05) is 40.5 Å². The second kappa shape index (κ2) is 11.4. The van der Waals surface area contributed by atoms with Gasteiger partial charge in [0.15, 0.2) is 6.10 Å². The van der Waals surface area contributed by atoms with Crippen molar-refractivity contribution >= 4 is 23.6 Å². The molecule has 186 valence electrons. The molecule has 2 atom stereocenters. The Morgan fingerprint density at radius 3 is 2.49 bits per heavy atom. The van der Waals surface area contributed by atoms with Gasteiger partial charge >= 0.3 is 6.09 Å². The largest absolute Gasteiger partial charge is 0.436 e. The van der Waals surface area contributed by atoms with E-state index in [1.54, 1.807) is 24.5 Å². The van der Waals surface area contributed by atoms with Crippen LogP contribution in [0.1, 0.15) is 59.0 Å². The number of ketones is 1. The minimum Gasteiger partial charge on any atom is -0.436 e. The number of pyridine rings is 1. The van der Waals surface area contributed by atoms with Gasteiger partial charge in [0, 0.05) is 29.4 Å². The number of aromatic amines is 1. The number of ether oxygens (including phenoxy) is 1. The summed E-state index contributed by atoms with van der Waals surface area (Å²) in [5.74, 6) is -1.04. The first-order valence-corrected chi connectivity index (χ1v) is 11.2. The molecule has 3 N–H and O–H groups in total. The molecule has 0 spiro atoms. The maximum absolute atomic E-state index is 12.8. The zero-order chi connectivity index (χ0) is 25.4. The number of Topliss-reactive ketones (excluding diaryl/α,β-unsaturated/α-hetero) is 1. The minimum absolute atomic E-state index is 0.105. The average Bonchev–Trinajstić information content (AvgIpc) is 3.52. The third-order valence-electron chi connectivity index (χ3n) is 5.03. The Kier molecular flexibility index (Phi) is 8.29. The van der Waals surface area contributed by atoms with Gasteiger partial charge < -0.3 is 19.8 Å². The number of anilines is 1. The lowest BCUT2D eigenvalue weighted by molar-refractivity contribution is -0.136. The van der Waals surface area contributed by atoms with Crippen molar-refractivity contribution in [2.45, 2.75) is 59.1 Å². The first-order valence-electron chi connectivity index (χ1n) is 11.2. The lowest BCUT2D eigenvalue weighted by Crippen LogP contribution is -2.46. The predicted molar refractivity (Wildman–Crippen MR) is 125 cm³/mol. The highest BCUT2D eigenvalue weighted by molar-refractivity contribution is 6.42. The van der Waals surface area contributed by atoms with Gasteiger partial charge in [-0.25, -0.2) is 4.79 Å². The number of hydrogen-bond donors (Lipinski definition) is 3. The van der Waals surface area contributed by atoms with E-state index >= 15 is 0 Å². The third-order valence-corrected chi connectivity index (χ3v) is 5.03. The molecule has 0 saturated carbocycles. The summed E-state index contributed by atoms with van der Waals surface area (Å²) in [6.07, 6.45) is 4.51. The molecular formula is C23H29N7O5. The topological polar surface area (TPSA) is 165 Å². The van der Waals surface area contributed by atoms with Crippen molar-refractivity contribution in [3.8, 4) is 11.5 Å². The second-order valence-corrected chi connectivity index (χ2v) is 8.96. The van der Waals surface area contributed by atoms with Gasteiger partial charge in [0.05, 0.1) is 6.20 Å². The van der Waals surface area contributed by atoms with Crippen molar-refractivity contribution in [2.75, 3.05) is 5.32 Å². The molecule has 3 rings (SSSR count). The normalized spacial score (nSPS) is 13.0. The lowest BCUT2D eigenvalue weighted by Gasteiger charge is -2.28. The fraction of sp³-hybridized carbons (Fsp3) is 0.435. The molecule has 3 heterocycles. The molecule has 3 aromatic rings. The van der Waals surface area contributed by atoms with E-state index < -0.39 is 35.3 Å². The van der Waals surface area contributed by atoms with E-state index in [4.69, 9.17) is 9.15 Å². The van der Waals surface area contributed by atoms with E-state index in [1.165, 1.54) is 12.3 Å². The highest BCUT2D eigenvalue weighted by Gasteiger charge is 2.36. The maximum Gasteiger partial charge on any atom is 0.408 e. The van der Waals surface area contributed by atoms with Crippen molar-refractivity contribution in [1.82, 2.24) is 30.7 Å². The van der Waals surface area contributed by atoms with Crippen LogP contribution in [-0.2, 0) is 14.3 Å². The van der Waals surface area contributed by atoms with Crippen molar-refractivity contribution in [3.63, 3.8) is 0 Å². The number of alkyl carbamates (subject to hydrolysis) is 1. The number of carbonyl (C=O) groups is 3. The standard InChI is InChI=1S/C23H29N7O5/c1-5-6-7-15(17(31)19(32)27-16-10-13-25-28-16)26-22(33)34-18(23(2,3)4)21-30-29-20(35-21)14-8-11-24-12-9-14/h8-13,15,18H,5-7H2,1-4H3,(H,26,33)(H2,25,27,28,32)/t15-,18-/m0/s1. The SMILES string of the molecule is CCCC[C@H](NC(=O)O[C@@H](c1nnc(-c2ccncc2)o1)C(C)(C)C)C(=O)C(=O)Nc1ccn[nH]1. The Labute approximate surface area is 202 Å². The van der Waals surface area contributed by atoms with E-state index in [2.05, 4.69) is 36.0 Å². The maximum atomic E-state index is 12.8. The van der Waals surface area contributed by atoms with Gasteiger partial charge in [0.1, 0.15) is 11.9 Å². The van der Waals surface area contributed by atoms with Crippen LogP contribution in [0.3, 0.4) is 0 Å². The van der Waals surface area contributed by atoms with E-state index in [1.807, 2.05) is 27.7 Å². The molecule has 0 unspecified atom stereocenters. The summed E-state index contributed by atoms with van der Waals surface area (Å²) in [6, 6.07) is 3.87. The number of aromatic nitrogens is 5. The Morgan fingerprint density at radius 2 is 1.86 bits per heavy atom. The van der Waals surface area contributed by atoms with Gasteiger partial charge in [0.25, 0.3) is 11.8 Å². The number of hydrogen-bond acceptors (Lipinski definition) is 9. The van der Waals surface area contributed by atoms with Gasteiger partial charge in [-0.2, -0.15) is 5.10 Å². The van der Waals surface area contributed by atoms with Gasteiger partial charge in [-0.3, -0.25) is 19.7 Å². The zero-order valence-corrected chi connectivity index (χ0v) is 20.1. The number of unbranched alkanes of at least 4 members (excludes halogenated alkanes) is 1. The van der Waals surface area contributed by atoms with Crippen molar-refractivity contribution in [3.05, 3.63) is 42.7 Å². The molecular weight excluding hydrogens is 454 g/mol. The van der Waals surface area contributed by atoms with Crippen LogP contribution >= 0.6 is 0 Å². The summed E-state index contributed by atoms with van der Waals surface area (Å²) in [7, 11) is 0. The summed E-state index contributed by atoms with van der Waals surface area (Å²) in [5, 5.41) is 19.3. The fourth-order valence-electron chi connectivity index (χ4n) is 3.18. The van der Waals surface area contributed by atoms with Gasteiger partial charge in [-0.15, -0.1) is 10.2 Å². The fourth-order valence-corrected chi connectivity index (χ4v) is 3.18. The molecule has 12 heteroatoms. The molecule has 0 fully saturated rings. The summed E-state index contributed by atoms with van der Waals surface area (Å²) < 4.78 is 11.4. The lowest BCUT2D eigenvalue weighted by atomic mass is 9.89. The van der Waals surface area contributed by atoms with Crippen molar-refractivity contribution in [1.29, 1.82) is 0 Å². The highest BCUT2D eigenvalue weighted by atomic mass is 16.6. The average molecular weight is 484 g/mol. The molecule has 35 heavy (non-hydrogen) atoms. The predicted octanol–water partition coefficient (Wildman–Crippen LogP) is 3.43. The number of amides is 2. The highest BCUT2D eigenvalue weighted by Crippen LogP contribution is 2.36. The van der Waals surface area contributed by atoms with Crippen LogP contribution in [0.15, 0.2) is 41.2 Å². The summed E-state index contributed by atoms with van der Waals surface area (Å²) >= 11 is 0. The molecule has 3 aromatic heterocycles. The number of rotatable bonds is 10. The zero-order valence-electron chi connectivity index (χ0n) is 20.1. The van der Waals surface area contributed by atoms with E-state index in [9.17, 15) is 14.4 Å². The van der Waals surface area contributed by atoms with Crippen molar-refractivity contribution < 1.29 is 23.5 Å². The first-order chi connectivity index (χ1) is 16.7. The third kappa shape index (κ3) is 6.95. The van der Waals surface area contributed by atoms with E-state index in [0.29, 0.717) is 12.0 Å². The van der Waals surface area contributed by atoms with Crippen LogP contribution in [0.2, 0.25) is 0 Å². The summed E-state index contributed by atoms with van der Waals surface area (Å²) in [4.78, 5) is 42.0. The van der Waals surface area contributed by atoms with Crippen LogP contribution in [0.4, 0.5) is 10.6 Å². The quantitative estimate of drug-likeness (QED) is 0.366. The van der Waals surface area contributed by atoms with Crippen molar-refractivity contribution in [2.24, 2.45) is 5.41 Å². The molecule has 0 aliphatic heterocycles. The molecule has 2 amide bonds. The number of H-pyrrole nitrogens is 1. The van der Waals surface area contributed by atoms with E-state index in [0.717, 1.165) is 6.42 Å². The smallest absolute Gasteiger partial charge is 0.408 e. The van der Waals surface area contributed by atoms with Crippen LogP contribution in [0.5, 0.6) is 0 Å². The monoisotopic (exact) mass is 483 g/mol. The van der Waals surface area contributed by atoms with E-state index in [-0.39, 0.29) is 24.0 Å². The Bertz CT molecular complexity index is 1120. The summed E-state index contributed by atoms with van der Waals surface area (Å²) in [6.45, 7) is 7.48. The molecule has 0 bridgehead atoms. The molecule has 0 aromatic carbocycles. The Balaban J connectivity index is 1.72. The van der Waals surface area contributed by atoms with Gasteiger partial charge in [0.2, 0.25) is 11.7 Å². The molecule has 0 saturated heterocycles. The van der Waals surface area contributed by atoms with Crippen LogP contribution in [0, 0.1) is 5.41 Å². The number of carbonyl (C=O) groups excluding carboxylic acids is 3. The number of nitrogens with zero attached hydrogens (tertiary/aromatic N) is 4. The van der Waals surface area contributed by atoms with Crippen LogP contribution in [-0.4, -0.2) is 49.2 Å². The summed E-state index contributed by atoms with van der Waals surface area (Å²) in [5.41, 5.74) is 0.0599. The minimum atomic E-state index is -1.07. The molecule has 0 radical (unpaired) electrons. The number of nitrogens with one attached hydrogen (secondary N) is 3. The molecule has 0 aliphatic carbocycles. The van der Waals surface area contributed by atoms with Gasteiger partial charge in [-0.05, 0) is 18.6 Å².